The van der Waals surface area contributed by atoms with Crippen LogP contribution in [0.15, 0.2) is 18.2 Å². The third-order valence-electron chi connectivity index (χ3n) is 3.56. The summed E-state index contributed by atoms with van der Waals surface area (Å²) in [6.07, 6.45) is 3.70. The average molecular weight is 296 g/mol. The zero-order valence-electron chi connectivity index (χ0n) is 11.8. The van der Waals surface area contributed by atoms with Crippen molar-refractivity contribution in [2.75, 3.05) is 20.2 Å². The van der Waals surface area contributed by atoms with Crippen LogP contribution in [0, 0.1) is 5.82 Å². The summed E-state index contributed by atoms with van der Waals surface area (Å²) >= 11 is 4.93. The van der Waals surface area contributed by atoms with Crippen molar-refractivity contribution in [1.29, 1.82) is 0 Å². The molecule has 0 amide bonds. The Labute approximate surface area is 124 Å². The smallest absolute Gasteiger partial charge is 0.127 e. The van der Waals surface area contributed by atoms with E-state index >= 15 is 0 Å². The first-order chi connectivity index (χ1) is 9.56. The highest BCUT2D eigenvalue weighted by molar-refractivity contribution is 7.80. The van der Waals surface area contributed by atoms with Crippen molar-refractivity contribution in [3.8, 4) is 0 Å². The van der Waals surface area contributed by atoms with E-state index in [-0.39, 0.29) is 11.9 Å². The molecule has 1 saturated heterocycles. The summed E-state index contributed by atoms with van der Waals surface area (Å²) in [6, 6.07) is 4.77. The number of likely N-dealkylation sites (N-methyl/N-ethyl adjacent to an activating group) is 1. The van der Waals surface area contributed by atoms with E-state index in [4.69, 9.17) is 22.7 Å². The van der Waals surface area contributed by atoms with Crippen molar-refractivity contribution < 1.29 is 9.13 Å². The lowest BCUT2D eigenvalue weighted by atomic mass is 10.1. The highest BCUT2D eigenvalue weighted by Gasteiger charge is 2.17. The number of nitrogens with two attached hydrogens (primary N) is 1. The number of ether oxygens (including phenoxy) is 1. The van der Waals surface area contributed by atoms with Crippen molar-refractivity contribution in [2.45, 2.75) is 31.9 Å². The summed E-state index contributed by atoms with van der Waals surface area (Å²) in [6.45, 7) is 2.18. The van der Waals surface area contributed by atoms with E-state index in [1.54, 1.807) is 12.1 Å². The number of halogens is 1. The number of nitrogens with zero attached hydrogens (tertiary/aromatic N) is 1. The molecule has 0 saturated carbocycles. The Morgan fingerprint density at radius 3 is 2.95 bits per heavy atom. The molecule has 1 aliphatic rings. The van der Waals surface area contributed by atoms with E-state index in [0.29, 0.717) is 22.7 Å². The molecule has 1 aliphatic heterocycles. The summed E-state index contributed by atoms with van der Waals surface area (Å²) in [7, 11) is 1.98. The first-order valence-corrected chi connectivity index (χ1v) is 7.35. The van der Waals surface area contributed by atoms with Gasteiger partial charge < -0.3 is 10.5 Å². The normalized spacial score (nSPS) is 19.2. The van der Waals surface area contributed by atoms with Gasteiger partial charge >= 0.3 is 0 Å². The summed E-state index contributed by atoms with van der Waals surface area (Å²) in [4.78, 5) is 2.38. The second kappa shape index (κ2) is 7.11. The standard InChI is InChI=1S/C15H21FN2OS/c1-18(10-13-4-2-3-7-19-13)9-12-8-11(15(17)20)5-6-14(12)16/h5-6,8,13H,2-4,7,9-10H2,1H3,(H2,17,20). The van der Waals surface area contributed by atoms with Crippen LogP contribution in [0.5, 0.6) is 0 Å². The van der Waals surface area contributed by atoms with Gasteiger partial charge in [0.05, 0.1) is 6.10 Å². The highest BCUT2D eigenvalue weighted by atomic mass is 32.1. The molecule has 1 heterocycles. The minimum Gasteiger partial charge on any atom is -0.389 e. The Bertz CT molecular complexity index is 475. The van der Waals surface area contributed by atoms with Crippen LogP contribution in [0.4, 0.5) is 4.39 Å². The van der Waals surface area contributed by atoms with Crippen molar-refractivity contribution in [1.82, 2.24) is 4.90 Å². The first-order valence-electron chi connectivity index (χ1n) is 6.94. The number of benzene rings is 1. The number of thiocarbonyl (C=S) groups is 1. The lowest BCUT2D eigenvalue weighted by molar-refractivity contribution is -0.00272. The zero-order valence-corrected chi connectivity index (χ0v) is 12.6. The van der Waals surface area contributed by atoms with Gasteiger partial charge in [0.25, 0.3) is 0 Å². The van der Waals surface area contributed by atoms with E-state index in [9.17, 15) is 4.39 Å². The molecule has 1 atom stereocenters. The molecule has 20 heavy (non-hydrogen) atoms. The van der Waals surface area contributed by atoms with Crippen LogP contribution in [0.25, 0.3) is 0 Å². The molecular weight excluding hydrogens is 275 g/mol. The Hall–Kier alpha value is -1.04. The van der Waals surface area contributed by atoms with Gasteiger partial charge in [-0.2, -0.15) is 0 Å². The maximum Gasteiger partial charge on any atom is 0.127 e. The molecule has 0 bridgehead atoms. The summed E-state index contributed by atoms with van der Waals surface area (Å²) < 4.78 is 19.5. The van der Waals surface area contributed by atoms with Crippen molar-refractivity contribution in [3.63, 3.8) is 0 Å². The van der Waals surface area contributed by atoms with Crippen LogP contribution >= 0.6 is 12.2 Å². The maximum absolute atomic E-state index is 13.8. The predicted molar refractivity (Wildman–Crippen MR) is 82.2 cm³/mol. The Morgan fingerprint density at radius 1 is 1.50 bits per heavy atom. The van der Waals surface area contributed by atoms with Crippen LogP contribution < -0.4 is 5.73 Å². The second-order valence-electron chi connectivity index (χ2n) is 5.36. The molecule has 1 fully saturated rings. The molecule has 0 radical (unpaired) electrons. The average Bonchev–Trinajstić information content (AvgIpc) is 2.42. The van der Waals surface area contributed by atoms with E-state index in [1.807, 2.05) is 7.05 Å². The third kappa shape index (κ3) is 4.23. The van der Waals surface area contributed by atoms with E-state index < -0.39 is 0 Å². The molecular formula is C15H21FN2OS. The van der Waals surface area contributed by atoms with Gasteiger partial charge in [-0.05, 0) is 44.5 Å². The van der Waals surface area contributed by atoms with Crippen LogP contribution in [0.3, 0.4) is 0 Å². The molecule has 1 aromatic rings. The molecule has 0 spiro atoms. The third-order valence-corrected chi connectivity index (χ3v) is 3.80. The highest BCUT2D eigenvalue weighted by Crippen LogP contribution is 2.16. The first kappa shape index (κ1) is 15.4. The fourth-order valence-electron chi connectivity index (χ4n) is 2.50. The van der Waals surface area contributed by atoms with Gasteiger partial charge in [0, 0.05) is 30.8 Å². The SMILES string of the molecule is CN(Cc1cc(C(N)=S)ccc1F)CC1CCCCO1. The minimum absolute atomic E-state index is 0.221. The van der Waals surface area contributed by atoms with Gasteiger partial charge in [0.15, 0.2) is 0 Å². The minimum atomic E-state index is -0.221. The molecule has 0 aliphatic carbocycles. The molecule has 1 unspecified atom stereocenters. The van der Waals surface area contributed by atoms with Crippen LogP contribution in [-0.2, 0) is 11.3 Å². The van der Waals surface area contributed by atoms with Crippen LogP contribution in [-0.4, -0.2) is 36.2 Å². The number of hydrogen-bond donors (Lipinski definition) is 1. The lowest BCUT2D eigenvalue weighted by Gasteiger charge is -2.27. The summed E-state index contributed by atoms with van der Waals surface area (Å²) in [5.74, 6) is -0.221. The second-order valence-corrected chi connectivity index (χ2v) is 5.80. The van der Waals surface area contributed by atoms with Gasteiger partial charge in [-0.25, -0.2) is 4.39 Å². The summed E-state index contributed by atoms with van der Waals surface area (Å²) in [5, 5.41) is 0. The van der Waals surface area contributed by atoms with Crippen LogP contribution in [0.1, 0.15) is 30.4 Å². The summed E-state index contributed by atoms with van der Waals surface area (Å²) in [5.41, 5.74) is 6.91. The topological polar surface area (TPSA) is 38.5 Å². The van der Waals surface area contributed by atoms with E-state index in [2.05, 4.69) is 4.90 Å². The van der Waals surface area contributed by atoms with Gasteiger partial charge in [-0.1, -0.05) is 12.2 Å². The van der Waals surface area contributed by atoms with E-state index in [1.165, 1.54) is 12.5 Å². The van der Waals surface area contributed by atoms with Crippen molar-refractivity contribution in [2.24, 2.45) is 5.73 Å². The zero-order chi connectivity index (χ0) is 14.5. The van der Waals surface area contributed by atoms with Crippen LogP contribution in [0.2, 0.25) is 0 Å². The monoisotopic (exact) mass is 296 g/mol. The number of hydrogen-bond acceptors (Lipinski definition) is 3. The molecule has 2 N–H and O–H groups in total. The van der Waals surface area contributed by atoms with Gasteiger partial charge in [0.1, 0.15) is 10.8 Å². The largest absolute Gasteiger partial charge is 0.389 e. The van der Waals surface area contributed by atoms with Crippen molar-refractivity contribution in [3.05, 3.63) is 35.1 Å². The molecule has 0 aromatic heterocycles. The van der Waals surface area contributed by atoms with Gasteiger partial charge in [-0.3, -0.25) is 4.90 Å². The molecule has 1 aromatic carbocycles. The Balaban J connectivity index is 1.97. The van der Waals surface area contributed by atoms with Crippen molar-refractivity contribution >= 4 is 17.2 Å². The molecule has 5 heteroatoms. The predicted octanol–water partition coefficient (Wildman–Crippen LogP) is 2.46. The van der Waals surface area contributed by atoms with Gasteiger partial charge in [0.2, 0.25) is 0 Å². The fourth-order valence-corrected chi connectivity index (χ4v) is 2.63. The van der Waals surface area contributed by atoms with E-state index in [0.717, 1.165) is 26.0 Å². The Kier molecular flexibility index (Phi) is 5.46. The Morgan fingerprint density at radius 2 is 2.30 bits per heavy atom. The molecule has 110 valence electrons. The molecule has 3 nitrogen and oxygen atoms in total. The molecule has 2 rings (SSSR count). The van der Waals surface area contributed by atoms with Gasteiger partial charge in [-0.15, -0.1) is 0 Å². The quantitative estimate of drug-likeness (QED) is 0.847. The maximum atomic E-state index is 13.8. The fraction of sp³-hybridized carbons (Fsp3) is 0.533. The lowest BCUT2D eigenvalue weighted by Crippen LogP contribution is -2.33. The number of rotatable bonds is 5.